The smallest absolute Gasteiger partial charge is 0.226 e. The summed E-state index contributed by atoms with van der Waals surface area (Å²) in [7, 11) is 0. The van der Waals surface area contributed by atoms with E-state index in [1.54, 1.807) is 0 Å². The van der Waals surface area contributed by atoms with E-state index in [0.29, 0.717) is 25.5 Å². The van der Waals surface area contributed by atoms with Gasteiger partial charge in [0.25, 0.3) is 0 Å². The molecule has 0 saturated heterocycles. The maximum absolute atomic E-state index is 11.8. The van der Waals surface area contributed by atoms with Crippen molar-refractivity contribution in [3.8, 4) is 0 Å². The molecule has 4 nitrogen and oxygen atoms in total. The first-order chi connectivity index (χ1) is 9.79. The Bertz CT molecular complexity index is 428. The molecule has 0 atom stereocenters. The first-order valence-electron chi connectivity index (χ1n) is 7.45. The van der Waals surface area contributed by atoms with Crippen LogP contribution in [-0.4, -0.2) is 19.1 Å². The van der Waals surface area contributed by atoms with E-state index in [2.05, 4.69) is 5.32 Å². The number of carbonyl (C=O) groups excluding carboxylic acids is 1. The molecular weight excluding hydrogens is 252 g/mol. The number of benzene rings is 1. The molecule has 2 rings (SSSR count). The van der Waals surface area contributed by atoms with Crippen LogP contribution in [-0.2, 0) is 16.1 Å². The Balaban J connectivity index is 1.67. The van der Waals surface area contributed by atoms with Gasteiger partial charge in [0.2, 0.25) is 5.91 Å². The van der Waals surface area contributed by atoms with Crippen LogP contribution in [0.1, 0.15) is 37.7 Å². The molecule has 3 N–H and O–H groups in total. The fourth-order valence-corrected chi connectivity index (χ4v) is 2.62. The van der Waals surface area contributed by atoms with E-state index >= 15 is 0 Å². The van der Waals surface area contributed by atoms with E-state index in [4.69, 9.17) is 10.5 Å². The third-order valence-electron chi connectivity index (χ3n) is 3.81. The average molecular weight is 276 g/mol. The highest BCUT2D eigenvalue weighted by atomic mass is 16.5. The van der Waals surface area contributed by atoms with E-state index in [0.717, 1.165) is 17.9 Å². The molecule has 0 spiro atoms. The zero-order valence-electron chi connectivity index (χ0n) is 11.9. The lowest BCUT2D eigenvalue weighted by atomic mass is 10.1. The van der Waals surface area contributed by atoms with Crippen LogP contribution in [0.25, 0.3) is 0 Å². The van der Waals surface area contributed by atoms with Crippen molar-refractivity contribution >= 4 is 11.6 Å². The quantitative estimate of drug-likeness (QED) is 0.753. The zero-order chi connectivity index (χ0) is 14.2. The Morgan fingerprint density at radius 2 is 2.05 bits per heavy atom. The fourth-order valence-electron chi connectivity index (χ4n) is 2.62. The van der Waals surface area contributed by atoms with Crippen LogP contribution in [0.3, 0.4) is 0 Å². The van der Waals surface area contributed by atoms with Crippen LogP contribution in [0.15, 0.2) is 24.3 Å². The van der Waals surface area contributed by atoms with Crippen LogP contribution < -0.4 is 11.1 Å². The molecule has 0 aliphatic heterocycles. The van der Waals surface area contributed by atoms with Gasteiger partial charge in [0.05, 0.1) is 13.0 Å². The molecule has 20 heavy (non-hydrogen) atoms. The van der Waals surface area contributed by atoms with Crippen molar-refractivity contribution in [3.05, 3.63) is 29.8 Å². The summed E-state index contributed by atoms with van der Waals surface area (Å²) in [5.41, 5.74) is 7.40. The van der Waals surface area contributed by atoms with Gasteiger partial charge in [0.15, 0.2) is 0 Å². The van der Waals surface area contributed by atoms with Crippen molar-refractivity contribution < 1.29 is 9.53 Å². The van der Waals surface area contributed by atoms with E-state index in [9.17, 15) is 4.79 Å². The van der Waals surface area contributed by atoms with Crippen LogP contribution in [0, 0.1) is 5.92 Å². The number of ether oxygens (including phenoxy) is 1. The molecule has 110 valence electrons. The number of nitrogens with two attached hydrogens (primary N) is 1. The molecule has 0 radical (unpaired) electrons. The molecule has 1 fully saturated rings. The Hall–Kier alpha value is -1.39. The van der Waals surface area contributed by atoms with Crippen LogP contribution in [0.5, 0.6) is 0 Å². The molecule has 1 aliphatic carbocycles. The van der Waals surface area contributed by atoms with E-state index < -0.39 is 0 Å². The lowest BCUT2D eigenvalue weighted by Gasteiger charge is -2.11. The van der Waals surface area contributed by atoms with Gasteiger partial charge < -0.3 is 15.8 Å². The van der Waals surface area contributed by atoms with Crippen molar-refractivity contribution in [1.29, 1.82) is 0 Å². The first-order valence-corrected chi connectivity index (χ1v) is 7.45. The highest BCUT2D eigenvalue weighted by Gasteiger charge is 2.15. The predicted octanol–water partition coefficient (Wildman–Crippen LogP) is 2.68. The van der Waals surface area contributed by atoms with Crippen molar-refractivity contribution in [2.75, 3.05) is 18.5 Å². The molecule has 1 aliphatic rings. The molecule has 1 aromatic carbocycles. The van der Waals surface area contributed by atoms with Crippen molar-refractivity contribution in [3.63, 3.8) is 0 Å². The van der Waals surface area contributed by atoms with Crippen molar-refractivity contribution in [1.82, 2.24) is 0 Å². The van der Waals surface area contributed by atoms with E-state index in [1.165, 1.54) is 25.7 Å². The van der Waals surface area contributed by atoms with Crippen LogP contribution in [0.4, 0.5) is 5.69 Å². The summed E-state index contributed by atoms with van der Waals surface area (Å²) in [6.07, 6.45) is 5.59. The normalized spacial score (nSPS) is 15.4. The second-order valence-electron chi connectivity index (χ2n) is 5.38. The van der Waals surface area contributed by atoms with Gasteiger partial charge >= 0.3 is 0 Å². The van der Waals surface area contributed by atoms with Gasteiger partial charge in [-0.1, -0.05) is 31.0 Å². The molecule has 0 bridgehead atoms. The van der Waals surface area contributed by atoms with Gasteiger partial charge in [0.1, 0.15) is 0 Å². The second kappa shape index (κ2) is 8.02. The van der Waals surface area contributed by atoms with Crippen molar-refractivity contribution in [2.24, 2.45) is 11.7 Å². The summed E-state index contributed by atoms with van der Waals surface area (Å²) in [5.74, 6) is 0.688. The highest BCUT2D eigenvalue weighted by Crippen LogP contribution is 2.24. The number of carbonyl (C=O) groups is 1. The Kier molecular flexibility index (Phi) is 6.02. The van der Waals surface area contributed by atoms with Gasteiger partial charge in [-0.2, -0.15) is 0 Å². The topological polar surface area (TPSA) is 64.3 Å². The standard InChI is InChI=1S/C16H24N2O2/c17-11-14-7-3-4-8-15(14)18-16(19)9-10-20-12-13-5-1-2-6-13/h3-4,7-8,13H,1-2,5-6,9-12,17H2,(H,18,19). The number of anilines is 1. The number of hydrogen-bond acceptors (Lipinski definition) is 3. The number of nitrogens with one attached hydrogen (secondary N) is 1. The summed E-state index contributed by atoms with van der Waals surface area (Å²) >= 11 is 0. The Morgan fingerprint density at radius 1 is 1.30 bits per heavy atom. The minimum atomic E-state index is -0.0164. The summed E-state index contributed by atoms with van der Waals surface area (Å²) < 4.78 is 5.60. The average Bonchev–Trinajstić information content (AvgIpc) is 2.97. The summed E-state index contributed by atoms with van der Waals surface area (Å²) in [5, 5.41) is 2.89. The third-order valence-corrected chi connectivity index (χ3v) is 3.81. The lowest BCUT2D eigenvalue weighted by molar-refractivity contribution is -0.117. The molecule has 1 saturated carbocycles. The summed E-state index contributed by atoms with van der Waals surface area (Å²) in [4.78, 5) is 11.8. The molecule has 0 aromatic heterocycles. The third kappa shape index (κ3) is 4.62. The molecular formula is C16H24N2O2. The maximum Gasteiger partial charge on any atom is 0.226 e. The molecule has 0 heterocycles. The second-order valence-corrected chi connectivity index (χ2v) is 5.38. The summed E-state index contributed by atoms with van der Waals surface area (Å²) in [6, 6.07) is 7.61. The van der Waals surface area contributed by atoms with Gasteiger partial charge in [-0.25, -0.2) is 0 Å². The number of hydrogen-bond donors (Lipinski definition) is 2. The van der Waals surface area contributed by atoms with Gasteiger partial charge in [-0.05, 0) is 30.4 Å². The minimum Gasteiger partial charge on any atom is -0.381 e. The van der Waals surface area contributed by atoms with E-state index in [1.807, 2.05) is 24.3 Å². The summed E-state index contributed by atoms with van der Waals surface area (Å²) in [6.45, 7) is 1.72. The molecule has 4 heteroatoms. The maximum atomic E-state index is 11.8. The minimum absolute atomic E-state index is 0.0164. The predicted molar refractivity (Wildman–Crippen MR) is 80.4 cm³/mol. The van der Waals surface area contributed by atoms with Crippen molar-refractivity contribution in [2.45, 2.75) is 38.6 Å². The van der Waals surface area contributed by atoms with Gasteiger partial charge in [-0.3, -0.25) is 4.79 Å². The molecule has 0 unspecified atom stereocenters. The number of rotatable bonds is 7. The molecule has 1 aromatic rings. The van der Waals surface area contributed by atoms with Gasteiger partial charge in [-0.15, -0.1) is 0 Å². The first kappa shape index (κ1) is 15.0. The fraction of sp³-hybridized carbons (Fsp3) is 0.562. The zero-order valence-corrected chi connectivity index (χ0v) is 11.9. The Morgan fingerprint density at radius 3 is 2.80 bits per heavy atom. The largest absolute Gasteiger partial charge is 0.381 e. The Labute approximate surface area is 120 Å². The monoisotopic (exact) mass is 276 g/mol. The van der Waals surface area contributed by atoms with Crippen LogP contribution in [0.2, 0.25) is 0 Å². The highest BCUT2D eigenvalue weighted by molar-refractivity contribution is 5.91. The number of para-hydroxylation sites is 1. The van der Waals surface area contributed by atoms with Crippen LogP contribution >= 0.6 is 0 Å². The van der Waals surface area contributed by atoms with Gasteiger partial charge in [0, 0.05) is 18.8 Å². The molecule has 1 amide bonds. The SMILES string of the molecule is NCc1ccccc1NC(=O)CCOCC1CCCC1. The van der Waals surface area contributed by atoms with E-state index in [-0.39, 0.29) is 5.91 Å². The lowest BCUT2D eigenvalue weighted by Crippen LogP contribution is -2.17. The number of amides is 1.